The SMILES string of the molecule is O=C(CC1OC(CNS(=O)(=O)C2CCC(Cl)CC2)C(O)C1O)N1CCN(C2CCCCN2)CC1. The molecular weight excluding hydrogens is 484 g/mol. The van der Waals surface area contributed by atoms with Gasteiger partial charge in [0, 0.05) is 38.1 Å². The highest BCUT2D eigenvalue weighted by molar-refractivity contribution is 7.90. The fourth-order valence-electron chi connectivity index (χ4n) is 5.54. The number of rotatable bonds is 7. The van der Waals surface area contributed by atoms with Crippen LogP contribution in [-0.2, 0) is 19.6 Å². The van der Waals surface area contributed by atoms with Gasteiger partial charge in [-0.15, -0.1) is 11.6 Å². The van der Waals surface area contributed by atoms with Crippen LogP contribution in [0.15, 0.2) is 0 Å². The maximum Gasteiger partial charge on any atom is 0.225 e. The smallest absolute Gasteiger partial charge is 0.225 e. The zero-order valence-electron chi connectivity index (χ0n) is 19.6. The molecule has 1 amide bonds. The van der Waals surface area contributed by atoms with Crippen LogP contribution >= 0.6 is 11.6 Å². The first-order chi connectivity index (χ1) is 16.2. The van der Waals surface area contributed by atoms with Gasteiger partial charge in [-0.3, -0.25) is 9.69 Å². The number of hydrogen-bond donors (Lipinski definition) is 4. The number of amides is 1. The van der Waals surface area contributed by atoms with E-state index in [1.165, 1.54) is 12.8 Å². The van der Waals surface area contributed by atoms with Crippen LogP contribution in [0.5, 0.6) is 0 Å². The molecule has 3 heterocycles. The minimum absolute atomic E-state index is 0.0202. The Morgan fingerprint density at radius 3 is 2.32 bits per heavy atom. The zero-order valence-corrected chi connectivity index (χ0v) is 21.2. The lowest BCUT2D eigenvalue weighted by Gasteiger charge is -2.41. The molecule has 0 bridgehead atoms. The molecule has 34 heavy (non-hydrogen) atoms. The van der Waals surface area contributed by atoms with E-state index in [4.69, 9.17) is 16.3 Å². The molecule has 4 N–H and O–H groups in total. The Kier molecular flexibility index (Phi) is 9.11. The number of alkyl halides is 1. The van der Waals surface area contributed by atoms with E-state index in [1.54, 1.807) is 4.90 Å². The van der Waals surface area contributed by atoms with Crippen LogP contribution < -0.4 is 10.0 Å². The molecule has 0 aromatic rings. The topological polar surface area (TPSA) is 131 Å². The third-order valence-electron chi connectivity index (χ3n) is 7.76. The molecule has 0 radical (unpaired) electrons. The third kappa shape index (κ3) is 6.42. The van der Waals surface area contributed by atoms with Crippen LogP contribution in [-0.4, -0.2) is 115 Å². The van der Waals surface area contributed by atoms with E-state index in [-0.39, 0.29) is 24.2 Å². The highest BCUT2D eigenvalue weighted by atomic mass is 35.5. The molecule has 4 fully saturated rings. The molecule has 5 unspecified atom stereocenters. The molecule has 1 aliphatic carbocycles. The number of piperazine rings is 1. The molecule has 196 valence electrons. The van der Waals surface area contributed by atoms with E-state index in [0.717, 1.165) is 26.1 Å². The van der Waals surface area contributed by atoms with Gasteiger partial charge in [0.25, 0.3) is 0 Å². The minimum Gasteiger partial charge on any atom is -0.388 e. The number of aliphatic hydroxyl groups excluding tert-OH is 2. The fraction of sp³-hybridized carbons (Fsp3) is 0.955. The van der Waals surface area contributed by atoms with Gasteiger partial charge in [-0.1, -0.05) is 0 Å². The number of aliphatic hydroxyl groups is 2. The molecule has 4 aliphatic rings. The van der Waals surface area contributed by atoms with Crippen molar-refractivity contribution in [1.29, 1.82) is 0 Å². The lowest BCUT2D eigenvalue weighted by Crippen LogP contribution is -2.57. The lowest BCUT2D eigenvalue weighted by molar-refractivity contribution is -0.137. The predicted octanol–water partition coefficient (Wildman–Crippen LogP) is -0.421. The highest BCUT2D eigenvalue weighted by Crippen LogP contribution is 2.28. The molecule has 10 nitrogen and oxygen atoms in total. The van der Waals surface area contributed by atoms with Gasteiger partial charge >= 0.3 is 0 Å². The number of sulfonamides is 1. The number of nitrogens with one attached hydrogen (secondary N) is 2. The number of halogens is 1. The second-order valence-electron chi connectivity index (χ2n) is 10.0. The average Bonchev–Trinajstić information content (AvgIpc) is 3.11. The summed E-state index contributed by atoms with van der Waals surface area (Å²) in [6.45, 7) is 3.74. The Hall–Kier alpha value is -0.530. The van der Waals surface area contributed by atoms with E-state index in [1.807, 2.05) is 0 Å². The van der Waals surface area contributed by atoms with Gasteiger partial charge in [-0.05, 0) is 51.5 Å². The summed E-state index contributed by atoms with van der Waals surface area (Å²) in [5.74, 6) is -0.119. The summed E-state index contributed by atoms with van der Waals surface area (Å²) in [4.78, 5) is 17.0. The summed E-state index contributed by atoms with van der Waals surface area (Å²) in [5.41, 5.74) is 0. The van der Waals surface area contributed by atoms with Gasteiger partial charge in [0.1, 0.15) is 18.3 Å². The third-order valence-corrected chi connectivity index (χ3v) is 10.1. The van der Waals surface area contributed by atoms with Gasteiger partial charge < -0.3 is 25.2 Å². The molecule has 0 spiro atoms. The van der Waals surface area contributed by atoms with Crippen molar-refractivity contribution in [2.45, 2.75) is 92.6 Å². The number of ether oxygens (including phenoxy) is 1. The van der Waals surface area contributed by atoms with Crippen LogP contribution in [0.25, 0.3) is 0 Å². The molecule has 4 rings (SSSR count). The van der Waals surface area contributed by atoms with Gasteiger partial charge in [0.15, 0.2) is 0 Å². The quantitative estimate of drug-likeness (QED) is 0.331. The Balaban J connectivity index is 1.22. The first kappa shape index (κ1) is 26.5. The van der Waals surface area contributed by atoms with Gasteiger partial charge in [0.2, 0.25) is 15.9 Å². The maximum absolute atomic E-state index is 12.8. The summed E-state index contributed by atoms with van der Waals surface area (Å²) < 4.78 is 33.5. The van der Waals surface area contributed by atoms with Crippen molar-refractivity contribution in [3.8, 4) is 0 Å². The van der Waals surface area contributed by atoms with Crippen molar-refractivity contribution in [2.24, 2.45) is 0 Å². The summed E-state index contributed by atoms with van der Waals surface area (Å²) in [7, 11) is -3.57. The minimum atomic E-state index is -3.57. The van der Waals surface area contributed by atoms with Crippen LogP contribution in [0.2, 0.25) is 0 Å². The van der Waals surface area contributed by atoms with Crippen molar-refractivity contribution in [2.75, 3.05) is 39.3 Å². The highest BCUT2D eigenvalue weighted by Gasteiger charge is 2.44. The standard InChI is InChI=1S/C22H39ClN4O6S/c23-15-4-6-16(7-5-15)34(31,32)25-14-18-22(30)21(29)17(33-18)13-20(28)27-11-9-26(10-12-27)19-3-1-2-8-24-19/h15-19,21-22,24-25,29-30H,1-14H2. The Labute approximate surface area is 207 Å². The van der Waals surface area contributed by atoms with E-state index in [9.17, 15) is 23.4 Å². The Morgan fingerprint density at radius 2 is 1.68 bits per heavy atom. The summed E-state index contributed by atoms with van der Waals surface area (Å²) in [5, 5.41) is 23.9. The summed E-state index contributed by atoms with van der Waals surface area (Å²) >= 11 is 6.07. The number of carbonyl (C=O) groups excluding carboxylic acids is 1. The molecule has 0 aromatic heterocycles. The average molecular weight is 523 g/mol. The first-order valence-corrected chi connectivity index (χ1v) is 14.6. The largest absolute Gasteiger partial charge is 0.388 e. The van der Waals surface area contributed by atoms with E-state index in [0.29, 0.717) is 44.9 Å². The van der Waals surface area contributed by atoms with Crippen molar-refractivity contribution >= 4 is 27.5 Å². The van der Waals surface area contributed by atoms with Crippen molar-refractivity contribution in [3.63, 3.8) is 0 Å². The predicted molar refractivity (Wildman–Crippen MR) is 128 cm³/mol. The monoisotopic (exact) mass is 522 g/mol. The molecule has 3 aliphatic heterocycles. The Morgan fingerprint density at radius 1 is 1.00 bits per heavy atom. The first-order valence-electron chi connectivity index (χ1n) is 12.6. The van der Waals surface area contributed by atoms with Gasteiger partial charge in [0.05, 0.1) is 23.9 Å². The summed E-state index contributed by atoms with van der Waals surface area (Å²) in [6.07, 6.45) is 1.97. The van der Waals surface area contributed by atoms with E-state index in [2.05, 4.69) is 14.9 Å². The van der Waals surface area contributed by atoms with E-state index < -0.39 is 39.7 Å². The van der Waals surface area contributed by atoms with Crippen molar-refractivity contribution in [3.05, 3.63) is 0 Å². The number of nitrogens with zero attached hydrogens (tertiary/aromatic N) is 2. The summed E-state index contributed by atoms with van der Waals surface area (Å²) in [6, 6.07) is 0. The molecular formula is C22H39ClN4O6S. The second-order valence-corrected chi connectivity index (χ2v) is 12.7. The normalized spacial score (nSPS) is 38.2. The fourth-order valence-corrected chi connectivity index (χ4v) is 7.32. The van der Waals surface area contributed by atoms with Gasteiger partial charge in [-0.2, -0.15) is 0 Å². The van der Waals surface area contributed by atoms with Crippen LogP contribution in [0.4, 0.5) is 0 Å². The van der Waals surface area contributed by atoms with Crippen molar-refractivity contribution in [1.82, 2.24) is 19.8 Å². The van der Waals surface area contributed by atoms with Crippen molar-refractivity contribution < 1.29 is 28.2 Å². The van der Waals surface area contributed by atoms with E-state index >= 15 is 0 Å². The van der Waals surface area contributed by atoms with Gasteiger partial charge in [-0.25, -0.2) is 13.1 Å². The molecule has 5 atom stereocenters. The van der Waals surface area contributed by atoms with Crippen LogP contribution in [0.1, 0.15) is 51.4 Å². The van der Waals surface area contributed by atoms with Crippen LogP contribution in [0, 0.1) is 0 Å². The number of piperidine rings is 1. The molecule has 0 aromatic carbocycles. The molecule has 3 saturated heterocycles. The lowest BCUT2D eigenvalue weighted by atomic mass is 10.00. The Bertz CT molecular complexity index is 782. The second kappa shape index (κ2) is 11.7. The maximum atomic E-state index is 12.8. The number of carbonyl (C=O) groups is 1. The zero-order chi connectivity index (χ0) is 24.3. The molecule has 12 heteroatoms. The van der Waals surface area contributed by atoms with Crippen LogP contribution in [0.3, 0.4) is 0 Å². The molecule has 1 saturated carbocycles. The number of hydrogen-bond acceptors (Lipinski definition) is 8.